The van der Waals surface area contributed by atoms with Crippen molar-refractivity contribution in [2.75, 3.05) is 6.61 Å². The van der Waals surface area contributed by atoms with Crippen molar-refractivity contribution in [3.63, 3.8) is 0 Å². The van der Waals surface area contributed by atoms with Gasteiger partial charge < -0.3 is 5.11 Å². The molecule has 0 amide bonds. The lowest BCUT2D eigenvalue weighted by molar-refractivity contribution is 0.249. The van der Waals surface area contributed by atoms with E-state index in [1.165, 1.54) is 11.1 Å². The fourth-order valence-corrected chi connectivity index (χ4v) is 3.09. The van der Waals surface area contributed by atoms with E-state index in [2.05, 4.69) is 43.0 Å². The van der Waals surface area contributed by atoms with E-state index in [9.17, 15) is 5.11 Å². The van der Waals surface area contributed by atoms with Gasteiger partial charge in [0.05, 0.1) is 6.61 Å². The van der Waals surface area contributed by atoms with Gasteiger partial charge in [-0.1, -0.05) is 72.8 Å². The van der Waals surface area contributed by atoms with Crippen molar-refractivity contribution in [2.24, 2.45) is 5.92 Å². The van der Waals surface area contributed by atoms with Gasteiger partial charge in [0.2, 0.25) is 0 Å². The number of hydrogen-bond donors (Lipinski definition) is 1. The number of rotatable bonds is 4. The molecular formula is C18H18O. The van der Waals surface area contributed by atoms with E-state index >= 15 is 0 Å². The van der Waals surface area contributed by atoms with E-state index in [1.807, 2.05) is 24.3 Å². The second-order valence-corrected chi connectivity index (χ2v) is 5.26. The Morgan fingerprint density at radius 2 is 1.53 bits per heavy atom. The monoisotopic (exact) mass is 250 g/mol. The Bertz CT molecular complexity index is 573. The first-order valence-corrected chi connectivity index (χ1v) is 6.68. The van der Waals surface area contributed by atoms with Crippen LogP contribution in [0.5, 0.6) is 0 Å². The molecule has 1 aliphatic rings. The minimum absolute atomic E-state index is 0.146. The molecule has 2 aromatic rings. The van der Waals surface area contributed by atoms with Crippen molar-refractivity contribution < 1.29 is 5.11 Å². The van der Waals surface area contributed by atoms with Crippen molar-refractivity contribution in [3.05, 3.63) is 83.9 Å². The highest BCUT2D eigenvalue weighted by atomic mass is 16.3. The van der Waals surface area contributed by atoms with E-state index in [4.69, 9.17) is 0 Å². The van der Waals surface area contributed by atoms with Crippen LogP contribution in [0, 0.1) is 5.92 Å². The molecule has 19 heavy (non-hydrogen) atoms. The molecule has 0 saturated heterocycles. The maximum Gasteiger partial charge on any atom is 0.0571 e. The zero-order valence-electron chi connectivity index (χ0n) is 10.9. The van der Waals surface area contributed by atoms with Gasteiger partial charge in [0.25, 0.3) is 0 Å². The van der Waals surface area contributed by atoms with Crippen molar-refractivity contribution in [1.29, 1.82) is 0 Å². The highest BCUT2D eigenvalue weighted by molar-refractivity contribution is 5.53. The molecule has 0 bridgehead atoms. The van der Waals surface area contributed by atoms with Crippen molar-refractivity contribution in [1.82, 2.24) is 0 Å². The van der Waals surface area contributed by atoms with E-state index in [0.29, 0.717) is 5.92 Å². The van der Waals surface area contributed by atoms with Gasteiger partial charge in [-0.05, 0) is 17.5 Å². The predicted octanol–water partition coefficient (Wildman–Crippen LogP) is 3.35. The Hall–Kier alpha value is -1.86. The molecule has 1 aliphatic carbocycles. The summed E-state index contributed by atoms with van der Waals surface area (Å²) in [6, 6.07) is 20.7. The SMILES string of the molecule is C=C1[C@H](Cc2ccccc2)[C@]1(CO)c1ccccc1. The van der Waals surface area contributed by atoms with Crippen LogP contribution in [0.1, 0.15) is 11.1 Å². The molecular weight excluding hydrogens is 232 g/mol. The summed E-state index contributed by atoms with van der Waals surface area (Å²) in [5.41, 5.74) is 3.42. The number of benzene rings is 2. The van der Waals surface area contributed by atoms with E-state index in [1.54, 1.807) is 0 Å². The molecule has 1 nitrogen and oxygen atoms in total. The van der Waals surface area contributed by atoms with Crippen LogP contribution in [0.15, 0.2) is 72.8 Å². The van der Waals surface area contributed by atoms with Gasteiger partial charge in [-0.2, -0.15) is 0 Å². The molecule has 0 unspecified atom stereocenters. The predicted molar refractivity (Wildman–Crippen MR) is 78.0 cm³/mol. The second kappa shape index (κ2) is 4.67. The molecule has 96 valence electrons. The number of aliphatic hydroxyl groups is 1. The Kier molecular flexibility index (Phi) is 3.00. The zero-order chi connectivity index (χ0) is 13.3. The fraction of sp³-hybridized carbons (Fsp3) is 0.222. The van der Waals surface area contributed by atoms with Gasteiger partial charge in [0, 0.05) is 11.3 Å². The van der Waals surface area contributed by atoms with Crippen LogP contribution in [-0.2, 0) is 11.8 Å². The lowest BCUT2D eigenvalue weighted by Gasteiger charge is -2.14. The Balaban J connectivity index is 1.87. The number of aliphatic hydroxyl groups excluding tert-OH is 1. The van der Waals surface area contributed by atoms with Crippen molar-refractivity contribution >= 4 is 0 Å². The lowest BCUT2D eigenvalue weighted by Crippen LogP contribution is -2.16. The largest absolute Gasteiger partial charge is 0.395 e. The molecule has 1 heteroatoms. The van der Waals surface area contributed by atoms with Crippen LogP contribution in [-0.4, -0.2) is 11.7 Å². The Morgan fingerprint density at radius 3 is 2.11 bits per heavy atom. The first-order chi connectivity index (χ1) is 9.29. The van der Waals surface area contributed by atoms with E-state index in [0.717, 1.165) is 12.0 Å². The van der Waals surface area contributed by atoms with Crippen LogP contribution >= 0.6 is 0 Å². The smallest absolute Gasteiger partial charge is 0.0571 e. The van der Waals surface area contributed by atoms with Crippen LogP contribution < -0.4 is 0 Å². The summed E-state index contributed by atoms with van der Waals surface area (Å²) in [4.78, 5) is 0. The maximum atomic E-state index is 9.87. The zero-order valence-corrected chi connectivity index (χ0v) is 10.9. The summed E-state index contributed by atoms with van der Waals surface area (Å²) in [7, 11) is 0. The Labute approximate surface area is 114 Å². The van der Waals surface area contributed by atoms with Crippen molar-refractivity contribution in [2.45, 2.75) is 11.8 Å². The molecule has 2 atom stereocenters. The van der Waals surface area contributed by atoms with Crippen LogP contribution in [0.3, 0.4) is 0 Å². The van der Waals surface area contributed by atoms with Gasteiger partial charge >= 0.3 is 0 Å². The average molecular weight is 250 g/mol. The molecule has 0 heterocycles. The van der Waals surface area contributed by atoms with Gasteiger partial charge in [-0.25, -0.2) is 0 Å². The maximum absolute atomic E-state index is 9.87. The summed E-state index contributed by atoms with van der Waals surface area (Å²) in [6.07, 6.45) is 0.953. The molecule has 1 fully saturated rings. The quantitative estimate of drug-likeness (QED) is 0.825. The topological polar surface area (TPSA) is 20.2 Å². The molecule has 3 rings (SSSR count). The molecule has 2 aromatic carbocycles. The summed E-state index contributed by atoms with van der Waals surface area (Å²) in [5, 5.41) is 9.87. The molecule has 0 spiro atoms. The summed E-state index contributed by atoms with van der Waals surface area (Å²) < 4.78 is 0. The van der Waals surface area contributed by atoms with Crippen molar-refractivity contribution in [3.8, 4) is 0 Å². The molecule has 0 aliphatic heterocycles. The third-order valence-corrected chi connectivity index (χ3v) is 4.33. The standard InChI is InChI=1S/C18H18O/c1-14-17(12-15-8-4-2-5-9-15)18(14,13-19)16-10-6-3-7-11-16/h2-11,17,19H,1,12-13H2/t17-,18-/m0/s1. The third-order valence-electron chi connectivity index (χ3n) is 4.33. The minimum atomic E-state index is -0.225. The first-order valence-electron chi connectivity index (χ1n) is 6.68. The number of hydrogen-bond acceptors (Lipinski definition) is 1. The third kappa shape index (κ3) is 1.91. The van der Waals surface area contributed by atoms with E-state index < -0.39 is 0 Å². The highest BCUT2D eigenvalue weighted by Gasteiger charge is 2.58. The highest BCUT2D eigenvalue weighted by Crippen LogP contribution is 2.59. The molecule has 1 N–H and O–H groups in total. The average Bonchev–Trinajstić information content (AvgIpc) is 3.05. The van der Waals surface area contributed by atoms with Gasteiger partial charge in [0.1, 0.15) is 0 Å². The van der Waals surface area contributed by atoms with E-state index in [-0.39, 0.29) is 12.0 Å². The van der Waals surface area contributed by atoms with Crippen LogP contribution in [0.25, 0.3) is 0 Å². The molecule has 0 radical (unpaired) electrons. The normalized spacial score (nSPS) is 25.3. The molecule has 0 aromatic heterocycles. The fourth-order valence-electron chi connectivity index (χ4n) is 3.09. The minimum Gasteiger partial charge on any atom is -0.395 e. The van der Waals surface area contributed by atoms with Gasteiger partial charge in [-0.3, -0.25) is 0 Å². The summed E-state index contributed by atoms with van der Waals surface area (Å²) >= 11 is 0. The Morgan fingerprint density at radius 1 is 0.947 bits per heavy atom. The summed E-state index contributed by atoms with van der Waals surface area (Å²) in [5.74, 6) is 0.349. The molecule has 1 saturated carbocycles. The summed E-state index contributed by atoms with van der Waals surface area (Å²) in [6.45, 7) is 4.33. The van der Waals surface area contributed by atoms with Crippen LogP contribution in [0.4, 0.5) is 0 Å². The van der Waals surface area contributed by atoms with Crippen LogP contribution in [0.2, 0.25) is 0 Å². The lowest BCUT2D eigenvalue weighted by atomic mass is 9.91. The first kappa shape index (κ1) is 12.2. The van der Waals surface area contributed by atoms with Gasteiger partial charge in [0.15, 0.2) is 0 Å². The van der Waals surface area contributed by atoms with Gasteiger partial charge in [-0.15, -0.1) is 0 Å². The second-order valence-electron chi connectivity index (χ2n) is 5.26.